The fraction of sp³-hybridized carbons (Fsp3) is 0.300. The van der Waals surface area contributed by atoms with Crippen molar-refractivity contribution in [3.8, 4) is 0 Å². The zero-order chi connectivity index (χ0) is 18.1. The molecule has 0 aromatic heterocycles. The van der Waals surface area contributed by atoms with Crippen LogP contribution in [0.1, 0.15) is 33.9 Å². The van der Waals surface area contributed by atoms with Gasteiger partial charge in [0.25, 0.3) is 5.91 Å². The highest BCUT2D eigenvalue weighted by molar-refractivity contribution is 5.94. The van der Waals surface area contributed by atoms with Crippen LogP contribution in [0.5, 0.6) is 0 Å². The van der Waals surface area contributed by atoms with E-state index in [1.165, 1.54) is 0 Å². The van der Waals surface area contributed by atoms with Gasteiger partial charge in [-0.3, -0.25) is 9.59 Å². The number of benzene rings is 2. The maximum absolute atomic E-state index is 12.5. The first-order chi connectivity index (χ1) is 12.1. The fourth-order valence-electron chi connectivity index (χ4n) is 2.47. The summed E-state index contributed by atoms with van der Waals surface area (Å²) < 4.78 is 0. The summed E-state index contributed by atoms with van der Waals surface area (Å²) in [4.78, 5) is 24.7. The van der Waals surface area contributed by atoms with Crippen LogP contribution in [0.4, 0.5) is 0 Å². The van der Waals surface area contributed by atoms with Crippen molar-refractivity contribution in [1.82, 2.24) is 16.0 Å². The Morgan fingerprint density at radius 3 is 2.23 bits per heavy atom. The van der Waals surface area contributed by atoms with Crippen LogP contribution < -0.4 is 16.0 Å². The number of hydrogen-bond donors (Lipinski definition) is 3. The van der Waals surface area contributed by atoms with E-state index in [0.717, 1.165) is 11.1 Å². The van der Waals surface area contributed by atoms with Gasteiger partial charge in [-0.15, -0.1) is 12.4 Å². The Balaban J connectivity index is 0.00000338. The average molecular weight is 376 g/mol. The molecular formula is C20H26ClN3O2. The second-order valence-corrected chi connectivity index (χ2v) is 5.96. The normalized spacial score (nSPS) is 11.2. The third kappa shape index (κ3) is 6.86. The summed E-state index contributed by atoms with van der Waals surface area (Å²) in [6.07, 6.45) is 0.200. The lowest BCUT2D eigenvalue weighted by molar-refractivity contribution is -0.121. The zero-order valence-electron chi connectivity index (χ0n) is 15.1. The van der Waals surface area contributed by atoms with Gasteiger partial charge < -0.3 is 16.0 Å². The third-order valence-corrected chi connectivity index (χ3v) is 3.91. The van der Waals surface area contributed by atoms with Crippen LogP contribution in [0.2, 0.25) is 0 Å². The molecule has 2 aromatic carbocycles. The Morgan fingerprint density at radius 1 is 0.962 bits per heavy atom. The predicted octanol–water partition coefficient (Wildman–Crippen LogP) is 2.61. The minimum absolute atomic E-state index is 0. The molecule has 1 atom stereocenters. The van der Waals surface area contributed by atoms with E-state index in [0.29, 0.717) is 18.7 Å². The van der Waals surface area contributed by atoms with E-state index in [-0.39, 0.29) is 36.7 Å². The van der Waals surface area contributed by atoms with Crippen LogP contribution in [0.3, 0.4) is 0 Å². The molecule has 0 saturated heterocycles. The molecule has 26 heavy (non-hydrogen) atoms. The molecule has 3 N–H and O–H groups in total. The van der Waals surface area contributed by atoms with Crippen molar-refractivity contribution in [3.05, 3.63) is 71.3 Å². The van der Waals surface area contributed by atoms with E-state index in [4.69, 9.17) is 0 Å². The van der Waals surface area contributed by atoms with Crippen molar-refractivity contribution in [3.63, 3.8) is 0 Å². The first kappa shape index (κ1) is 21.7. The predicted molar refractivity (Wildman–Crippen MR) is 107 cm³/mol. The highest BCUT2D eigenvalue weighted by Gasteiger charge is 2.19. The van der Waals surface area contributed by atoms with Gasteiger partial charge in [0.15, 0.2) is 0 Å². The van der Waals surface area contributed by atoms with Crippen molar-refractivity contribution >= 4 is 24.2 Å². The molecule has 0 saturated carbocycles. The summed E-state index contributed by atoms with van der Waals surface area (Å²) in [5.74, 6) is -0.273. The van der Waals surface area contributed by atoms with Crippen LogP contribution in [0, 0.1) is 6.92 Å². The summed E-state index contributed by atoms with van der Waals surface area (Å²) in [5.41, 5.74) is 2.59. The number of rotatable bonds is 8. The van der Waals surface area contributed by atoms with Crippen LogP contribution in [0.15, 0.2) is 54.6 Å². The van der Waals surface area contributed by atoms with Gasteiger partial charge in [-0.1, -0.05) is 48.0 Å². The second kappa shape index (κ2) is 11.3. The molecule has 0 bridgehead atoms. The molecule has 2 rings (SSSR count). The van der Waals surface area contributed by atoms with E-state index < -0.39 is 0 Å². The summed E-state index contributed by atoms with van der Waals surface area (Å²) in [5, 5.41) is 8.81. The van der Waals surface area contributed by atoms with E-state index >= 15 is 0 Å². The summed E-state index contributed by atoms with van der Waals surface area (Å²) in [6.45, 7) is 3.24. The molecule has 6 heteroatoms. The number of carbonyl (C=O) groups excluding carboxylic acids is 2. The van der Waals surface area contributed by atoms with Gasteiger partial charge in [-0.25, -0.2) is 0 Å². The Hall–Kier alpha value is -2.37. The fourth-order valence-corrected chi connectivity index (χ4v) is 2.47. The first-order valence-electron chi connectivity index (χ1n) is 8.44. The molecule has 0 fully saturated rings. The van der Waals surface area contributed by atoms with E-state index in [2.05, 4.69) is 16.0 Å². The lowest BCUT2D eigenvalue weighted by Gasteiger charge is -2.19. The third-order valence-electron chi connectivity index (χ3n) is 3.91. The number of likely N-dealkylation sites (N-methyl/N-ethyl adjacent to an activating group) is 1. The molecule has 2 aromatic rings. The zero-order valence-corrected chi connectivity index (χ0v) is 15.9. The van der Waals surface area contributed by atoms with Gasteiger partial charge in [0.05, 0.1) is 12.5 Å². The number of aryl methyl sites for hydroxylation is 1. The molecule has 5 nitrogen and oxygen atoms in total. The van der Waals surface area contributed by atoms with Crippen LogP contribution in [-0.2, 0) is 4.79 Å². The van der Waals surface area contributed by atoms with E-state index in [1.807, 2.05) is 56.4 Å². The Kier molecular flexibility index (Phi) is 9.41. The monoisotopic (exact) mass is 375 g/mol. The largest absolute Gasteiger partial charge is 0.355 e. The molecule has 0 radical (unpaired) electrons. The van der Waals surface area contributed by atoms with Crippen molar-refractivity contribution in [2.45, 2.75) is 19.4 Å². The smallest absolute Gasteiger partial charge is 0.251 e. The highest BCUT2D eigenvalue weighted by Crippen LogP contribution is 2.17. The molecule has 0 aliphatic heterocycles. The Morgan fingerprint density at radius 2 is 1.62 bits per heavy atom. The standard InChI is InChI=1S/C20H25N3O2.ClH/c1-15-8-10-17(11-9-15)20(25)23-18(16-6-4-3-5-7-16)14-19(24)22-13-12-21-2;/h3-11,18,21H,12-14H2,1-2H3,(H,22,24)(H,23,25);1H. The SMILES string of the molecule is CNCCNC(=O)CC(NC(=O)c1ccc(C)cc1)c1ccccc1.Cl. The topological polar surface area (TPSA) is 70.2 Å². The maximum atomic E-state index is 12.5. The number of halogens is 1. The summed E-state index contributed by atoms with van der Waals surface area (Å²) in [6, 6.07) is 16.6. The van der Waals surface area contributed by atoms with Crippen LogP contribution in [0.25, 0.3) is 0 Å². The lowest BCUT2D eigenvalue weighted by Crippen LogP contribution is -2.35. The van der Waals surface area contributed by atoms with Crippen LogP contribution >= 0.6 is 12.4 Å². The molecule has 0 heterocycles. The van der Waals surface area contributed by atoms with Gasteiger partial charge in [0.1, 0.15) is 0 Å². The molecule has 0 aliphatic carbocycles. The van der Waals surface area contributed by atoms with Crippen LogP contribution in [-0.4, -0.2) is 32.0 Å². The Labute approximate surface area is 161 Å². The van der Waals surface area contributed by atoms with Gasteiger partial charge in [0.2, 0.25) is 5.91 Å². The Bertz CT molecular complexity index is 690. The molecule has 0 aliphatic rings. The molecule has 0 spiro atoms. The van der Waals surface area contributed by atoms with E-state index in [1.54, 1.807) is 12.1 Å². The molecular weight excluding hydrogens is 350 g/mol. The molecule has 140 valence electrons. The van der Waals surface area contributed by atoms with Gasteiger partial charge >= 0.3 is 0 Å². The maximum Gasteiger partial charge on any atom is 0.251 e. The van der Waals surface area contributed by atoms with Gasteiger partial charge in [0, 0.05) is 18.7 Å². The first-order valence-corrected chi connectivity index (χ1v) is 8.44. The minimum atomic E-state index is -0.371. The summed E-state index contributed by atoms with van der Waals surface area (Å²) >= 11 is 0. The highest BCUT2D eigenvalue weighted by atomic mass is 35.5. The van der Waals surface area contributed by atoms with Crippen molar-refractivity contribution < 1.29 is 9.59 Å². The average Bonchev–Trinajstić information content (AvgIpc) is 2.62. The second-order valence-electron chi connectivity index (χ2n) is 5.96. The molecule has 2 amide bonds. The number of hydrogen-bond acceptors (Lipinski definition) is 3. The number of nitrogens with one attached hydrogen (secondary N) is 3. The quantitative estimate of drug-likeness (QED) is 0.621. The van der Waals surface area contributed by atoms with Gasteiger partial charge in [-0.2, -0.15) is 0 Å². The minimum Gasteiger partial charge on any atom is -0.355 e. The number of amides is 2. The van der Waals surface area contributed by atoms with Gasteiger partial charge in [-0.05, 0) is 31.7 Å². The van der Waals surface area contributed by atoms with Crippen molar-refractivity contribution in [2.75, 3.05) is 20.1 Å². The molecule has 1 unspecified atom stereocenters. The summed E-state index contributed by atoms with van der Waals surface area (Å²) in [7, 11) is 1.83. The lowest BCUT2D eigenvalue weighted by atomic mass is 10.0. The van der Waals surface area contributed by atoms with Crippen molar-refractivity contribution in [2.24, 2.45) is 0 Å². The van der Waals surface area contributed by atoms with E-state index in [9.17, 15) is 9.59 Å². The van der Waals surface area contributed by atoms with Crippen molar-refractivity contribution in [1.29, 1.82) is 0 Å². The number of carbonyl (C=O) groups is 2.